The van der Waals surface area contributed by atoms with Gasteiger partial charge in [-0.05, 0) is 48.4 Å². The number of likely N-dealkylation sites (N-methyl/N-ethyl adjacent to an activating group) is 1. The zero-order chi connectivity index (χ0) is 29.9. The first kappa shape index (κ1) is 31.5. The van der Waals surface area contributed by atoms with Gasteiger partial charge in [-0.15, -0.1) is 0 Å². The molecule has 10 nitrogen and oxygen atoms in total. The van der Waals surface area contributed by atoms with E-state index in [0.29, 0.717) is 30.9 Å². The molecule has 1 aliphatic heterocycles. The highest BCUT2D eigenvalue weighted by Gasteiger charge is 2.23. The molecule has 220 valence electrons. The normalized spacial score (nSPS) is 13.2. The molecule has 0 unspecified atom stereocenters. The number of carbonyl (C=O) groups is 3. The number of benzene rings is 1. The van der Waals surface area contributed by atoms with Gasteiger partial charge in [-0.1, -0.05) is 44.2 Å². The monoisotopic (exact) mass is 564 g/mol. The van der Waals surface area contributed by atoms with Gasteiger partial charge in [0.15, 0.2) is 5.78 Å². The third-order valence-electron chi connectivity index (χ3n) is 6.64. The number of rotatable bonds is 14. The summed E-state index contributed by atoms with van der Waals surface area (Å²) in [7, 11) is 3.26. The molecule has 0 bridgehead atoms. The lowest BCUT2D eigenvalue weighted by atomic mass is 9.98. The average Bonchev–Trinajstić information content (AvgIpc) is 3.34. The molecule has 0 fully saturated rings. The Morgan fingerprint density at radius 3 is 2.63 bits per heavy atom. The van der Waals surface area contributed by atoms with Gasteiger partial charge >= 0.3 is 6.09 Å². The van der Waals surface area contributed by atoms with Gasteiger partial charge in [-0.25, -0.2) is 4.79 Å². The molecule has 2 amide bonds. The Morgan fingerprint density at radius 1 is 1.17 bits per heavy atom. The average molecular weight is 565 g/mol. The number of nitrogens with one attached hydrogen (secondary N) is 1. The van der Waals surface area contributed by atoms with Crippen molar-refractivity contribution in [2.75, 3.05) is 27.3 Å². The van der Waals surface area contributed by atoms with Crippen molar-refractivity contribution < 1.29 is 24.2 Å². The molecule has 1 atom stereocenters. The molecule has 0 saturated heterocycles. The maximum atomic E-state index is 13.3. The fraction of sp³-hybridized carbons (Fsp3) is 0.452. The van der Waals surface area contributed by atoms with Gasteiger partial charge in [-0.3, -0.25) is 19.4 Å². The molecule has 2 heterocycles. The summed E-state index contributed by atoms with van der Waals surface area (Å²) in [5, 5.41) is 11.4. The number of alkyl carbamates (subject to hydrolysis) is 1. The second-order valence-electron chi connectivity index (χ2n) is 10.8. The van der Waals surface area contributed by atoms with E-state index in [9.17, 15) is 19.2 Å². The van der Waals surface area contributed by atoms with Gasteiger partial charge < -0.3 is 24.6 Å². The number of ketones is 1. The van der Waals surface area contributed by atoms with E-state index in [1.807, 2.05) is 6.07 Å². The fourth-order valence-electron chi connectivity index (χ4n) is 4.63. The van der Waals surface area contributed by atoms with Crippen molar-refractivity contribution in [2.45, 2.75) is 58.5 Å². The number of carbonyl (C=O) groups excluding carboxylic acids is 3. The lowest BCUT2D eigenvalue weighted by molar-refractivity contribution is -0.123. The Labute approximate surface area is 240 Å². The number of aliphatic hydroxyl groups is 1. The molecule has 0 saturated carbocycles. The number of aliphatic hydroxyl groups excluding tert-OH is 1. The molecule has 2 aromatic rings. The number of hydrogen-bond donors (Lipinski definition) is 2. The summed E-state index contributed by atoms with van der Waals surface area (Å²) >= 11 is 0. The maximum Gasteiger partial charge on any atom is 0.407 e. The van der Waals surface area contributed by atoms with Crippen molar-refractivity contribution in [3.8, 4) is 0 Å². The zero-order valence-electron chi connectivity index (χ0n) is 24.3. The Hall–Kier alpha value is -4.05. The summed E-state index contributed by atoms with van der Waals surface area (Å²) in [6.45, 7) is 4.11. The van der Waals surface area contributed by atoms with E-state index in [1.165, 1.54) is 16.5 Å². The quantitative estimate of drug-likeness (QED) is 0.339. The maximum absolute atomic E-state index is 13.3. The van der Waals surface area contributed by atoms with Gasteiger partial charge in [0.1, 0.15) is 6.61 Å². The van der Waals surface area contributed by atoms with Crippen molar-refractivity contribution >= 4 is 29.2 Å². The second-order valence-corrected chi connectivity index (χ2v) is 10.8. The van der Waals surface area contributed by atoms with Gasteiger partial charge in [-0.2, -0.15) is 0 Å². The van der Waals surface area contributed by atoms with Gasteiger partial charge in [0.25, 0.3) is 5.56 Å². The predicted molar refractivity (Wildman–Crippen MR) is 158 cm³/mol. The van der Waals surface area contributed by atoms with Gasteiger partial charge in [0.05, 0.1) is 24.9 Å². The van der Waals surface area contributed by atoms with Crippen LogP contribution in [0.1, 0.15) is 43.4 Å². The van der Waals surface area contributed by atoms with Crippen molar-refractivity contribution in [2.24, 2.45) is 10.9 Å². The van der Waals surface area contributed by atoms with E-state index >= 15 is 0 Å². The molecule has 3 rings (SSSR count). The van der Waals surface area contributed by atoms with Crippen molar-refractivity contribution in [3.63, 3.8) is 0 Å². The zero-order valence-corrected chi connectivity index (χ0v) is 24.3. The van der Waals surface area contributed by atoms with Crippen LogP contribution in [0.3, 0.4) is 0 Å². The third-order valence-corrected chi connectivity index (χ3v) is 6.64. The molecule has 1 aromatic heterocycles. The van der Waals surface area contributed by atoms with Gasteiger partial charge in [0, 0.05) is 44.4 Å². The van der Waals surface area contributed by atoms with Crippen LogP contribution < -0.4 is 10.9 Å². The highest BCUT2D eigenvalue weighted by molar-refractivity contribution is 5.94. The predicted octanol–water partition coefficient (Wildman–Crippen LogP) is 3.00. The van der Waals surface area contributed by atoms with Gasteiger partial charge in [0.2, 0.25) is 5.91 Å². The standard InChI is InChI=1S/C31H40N4O6/c1-21(2)17-22-9-7-10-23-18-25(32-29(22)23)20-35-14-8-11-24(30(35)39)19-27(37)26(33-31(40)41-16-15-36)12-5-6-13-28(38)34(3)4/h6-11,13-14,21,26,36H,5,12,15-20H2,1-4H3,(H,33,40)/b13-6+/t26-/m0/s1. The Morgan fingerprint density at radius 2 is 1.93 bits per heavy atom. The van der Waals surface area contributed by atoms with Crippen LogP contribution in [0.5, 0.6) is 0 Å². The number of nitrogens with zero attached hydrogens (tertiary/aromatic N) is 3. The van der Waals surface area contributed by atoms with E-state index in [4.69, 9.17) is 14.8 Å². The number of pyridine rings is 1. The molecule has 0 radical (unpaired) electrons. The van der Waals surface area contributed by atoms with Crippen molar-refractivity contribution in [3.05, 3.63) is 75.7 Å². The summed E-state index contributed by atoms with van der Waals surface area (Å²) in [6, 6.07) is 8.61. The highest BCUT2D eigenvalue weighted by Crippen LogP contribution is 2.32. The first-order chi connectivity index (χ1) is 19.6. The van der Waals surface area contributed by atoms with Crippen LogP contribution in [0, 0.1) is 5.92 Å². The molecular weight excluding hydrogens is 524 g/mol. The van der Waals surface area contributed by atoms with Crippen LogP contribution in [-0.2, 0) is 40.1 Å². The number of aliphatic imine (C=N–C) groups is 1. The summed E-state index contributed by atoms with van der Waals surface area (Å²) in [5.74, 6) is -0.0554. The van der Waals surface area contributed by atoms with Crippen molar-refractivity contribution in [1.29, 1.82) is 0 Å². The molecule has 2 N–H and O–H groups in total. The minimum absolute atomic E-state index is 0.184. The van der Waals surface area contributed by atoms with E-state index in [-0.39, 0.29) is 43.3 Å². The molecule has 1 aromatic carbocycles. The first-order valence-electron chi connectivity index (χ1n) is 13.9. The molecule has 0 spiro atoms. The van der Waals surface area contributed by atoms with Crippen molar-refractivity contribution in [1.82, 2.24) is 14.8 Å². The Balaban J connectivity index is 1.72. The largest absolute Gasteiger partial charge is 0.447 e. The number of fused-ring (bicyclic) bond motifs is 1. The van der Waals surface area contributed by atoms with Crippen LogP contribution in [-0.4, -0.2) is 71.4 Å². The second kappa shape index (κ2) is 15.1. The lowest BCUT2D eigenvalue weighted by Crippen LogP contribution is -2.42. The Kier molecular flexibility index (Phi) is 11.6. The smallest absolute Gasteiger partial charge is 0.407 e. The van der Waals surface area contributed by atoms with E-state index < -0.39 is 12.1 Å². The SMILES string of the molecule is CC(C)Cc1cccc2c1N=C(Cn1cccc(CC(=O)[C@H](CC/C=C/C(=O)N(C)C)NC(=O)OCCO)c1=O)C2. The number of amides is 2. The third kappa shape index (κ3) is 9.24. The van der Waals surface area contributed by atoms with Crippen LogP contribution in [0.25, 0.3) is 0 Å². The minimum Gasteiger partial charge on any atom is -0.447 e. The lowest BCUT2D eigenvalue weighted by Gasteiger charge is -2.17. The number of para-hydroxylation sites is 1. The number of aromatic nitrogens is 1. The number of allylic oxidation sites excluding steroid dienone is 1. The summed E-state index contributed by atoms with van der Waals surface area (Å²) < 4.78 is 6.42. The van der Waals surface area contributed by atoms with E-state index in [1.54, 1.807) is 43.1 Å². The minimum atomic E-state index is -0.943. The molecule has 10 heteroatoms. The van der Waals surface area contributed by atoms with E-state index in [2.05, 4.69) is 31.3 Å². The first-order valence-corrected chi connectivity index (χ1v) is 13.9. The molecule has 0 aliphatic carbocycles. The van der Waals surface area contributed by atoms with Crippen LogP contribution in [0.2, 0.25) is 0 Å². The fourth-order valence-corrected chi connectivity index (χ4v) is 4.63. The number of Topliss-reactive ketones (excluding diaryl/α,β-unsaturated/α-hetero) is 1. The molecular formula is C31H40N4O6. The molecule has 1 aliphatic rings. The molecule has 41 heavy (non-hydrogen) atoms. The number of ether oxygens (including phenoxy) is 1. The summed E-state index contributed by atoms with van der Waals surface area (Å²) in [6.07, 6.45) is 5.84. The van der Waals surface area contributed by atoms with E-state index in [0.717, 1.165) is 23.4 Å². The highest BCUT2D eigenvalue weighted by atomic mass is 16.6. The Bertz CT molecular complexity index is 1360. The number of hydrogen-bond acceptors (Lipinski definition) is 7. The topological polar surface area (TPSA) is 130 Å². The van der Waals surface area contributed by atoms with Crippen LogP contribution >= 0.6 is 0 Å². The van der Waals surface area contributed by atoms with Crippen LogP contribution in [0.15, 0.2) is 58.5 Å². The summed E-state index contributed by atoms with van der Waals surface area (Å²) in [4.78, 5) is 56.8. The summed E-state index contributed by atoms with van der Waals surface area (Å²) in [5.41, 5.74) is 4.26. The van der Waals surface area contributed by atoms with Crippen LogP contribution in [0.4, 0.5) is 10.5 Å².